The van der Waals surface area contributed by atoms with E-state index in [-0.39, 0.29) is 0 Å². The predicted molar refractivity (Wildman–Crippen MR) is 114 cm³/mol. The zero-order valence-electron chi connectivity index (χ0n) is 16.3. The van der Waals surface area contributed by atoms with E-state index in [1.54, 1.807) is 23.5 Å². The molecule has 144 valence electrons. The van der Waals surface area contributed by atoms with E-state index in [4.69, 9.17) is 10.7 Å². The lowest BCUT2D eigenvalue weighted by atomic mass is 9.99. The lowest BCUT2D eigenvalue weighted by Gasteiger charge is -2.24. The summed E-state index contributed by atoms with van der Waals surface area (Å²) in [6.07, 6.45) is 2.43. The van der Waals surface area contributed by atoms with Gasteiger partial charge < -0.3 is 5.73 Å². The maximum Gasteiger partial charge on any atom is 0.248 e. The van der Waals surface area contributed by atoms with Gasteiger partial charge in [-0.2, -0.15) is 0 Å². The minimum atomic E-state index is -0.405. The number of hydrogen-bond acceptors (Lipinski definition) is 4. The third-order valence-electron chi connectivity index (χ3n) is 5.33. The standard InChI is InChI=1S/C23H25N3OS/c1-15-10-16(2)12-19(11-15)21-4-3-9-26(21)13-20-14-28-23(25-20)18-7-5-17(6-8-18)22(24)27/h5-8,10-12,14,21H,3-4,9,13H2,1-2H3,(H2,24,27). The molecule has 5 heteroatoms. The second kappa shape index (κ2) is 7.86. The quantitative estimate of drug-likeness (QED) is 0.675. The lowest BCUT2D eigenvalue weighted by molar-refractivity contribution is 0.100. The van der Waals surface area contributed by atoms with Crippen LogP contribution in [0.3, 0.4) is 0 Å². The van der Waals surface area contributed by atoms with Crippen molar-refractivity contribution in [1.82, 2.24) is 9.88 Å². The molecule has 3 aromatic rings. The van der Waals surface area contributed by atoms with Gasteiger partial charge in [0.05, 0.1) is 5.69 Å². The van der Waals surface area contributed by atoms with E-state index in [2.05, 4.69) is 42.3 Å². The molecule has 2 aromatic carbocycles. The highest BCUT2D eigenvalue weighted by Crippen LogP contribution is 2.34. The number of hydrogen-bond donors (Lipinski definition) is 1. The summed E-state index contributed by atoms with van der Waals surface area (Å²) in [4.78, 5) is 18.6. The van der Waals surface area contributed by atoms with Crippen LogP contribution in [0.5, 0.6) is 0 Å². The summed E-state index contributed by atoms with van der Waals surface area (Å²) >= 11 is 1.65. The number of likely N-dealkylation sites (tertiary alicyclic amines) is 1. The molecule has 28 heavy (non-hydrogen) atoms. The Kier molecular flexibility index (Phi) is 5.29. The van der Waals surface area contributed by atoms with Crippen LogP contribution in [0.4, 0.5) is 0 Å². The molecule has 1 aliphatic heterocycles. The Balaban J connectivity index is 1.50. The minimum absolute atomic E-state index is 0.405. The van der Waals surface area contributed by atoms with E-state index < -0.39 is 5.91 Å². The van der Waals surface area contributed by atoms with Crippen molar-refractivity contribution in [3.63, 3.8) is 0 Å². The number of carbonyl (C=O) groups excluding carboxylic acids is 1. The summed E-state index contributed by atoms with van der Waals surface area (Å²) in [6, 6.07) is 14.7. The number of nitrogens with zero attached hydrogens (tertiary/aromatic N) is 2. The average Bonchev–Trinajstić information content (AvgIpc) is 3.31. The van der Waals surface area contributed by atoms with Crippen molar-refractivity contribution in [1.29, 1.82) is 0 Å². The molecule has 1 unspecified atom stereocenters. The summed E-state index contributed by atoms with van der Waals surface area (Å²) < 4.78 is 0. The van der Waals surface area contributed by atoms with Crippen molar-refractivity contribution in [2.45, 2.75) is 39.3 Å². The third kappa shape index (κ3) is 4.01. The molecule has 0 radical (unpaired) electrons. The van der Waals surface area contributed by atoms with Gasteiger partial charge in [0, 0.05) is 29.1 Å². The predicted octanol–water partition coefficient (Wildman–Crippen LogP) is 4.86. The summed E-state index contributed by atoms with van der Waals surface area (Å²) in [5.41, 5.74) is 12.1. The maximum absolute atomic E-state index is 11.2. The molecular formula is C23H25N3OS. The van der Waals surface area contributed by atoms with Gasteiger partial charge in [0.15, 0.2) is 0 Å². The van der Waals surface area contributed by atoms with Crippen molar-refractivity contribution >= 4 is 17.2 Å². The van der Waals surface area contributed by atoms with Gasteiger partial charge in [0.2, 0.25) is 5.91 Å². The van der Waals surface area contributed by atoms with Crippen LogP contribution in [0, 0.1) is 13.8 Å². The van der Waals surface area contributed by atoms with Gasteiger partial charge in [-0.15, -0.1) is 11.3 Å². The molecule has 0 aliphatic carbocycles. The van der Waals surface area contributed by atoms with E-state index in [9.17, 15) is 4.79 Å². The van der Waals surface area contributed by atoms with Crippen molar-refractivity contribution in [3.8, 4) is 10.6 Å². The van der Waals surface area contributed by atoms with Gasteiger partial charge in [0.25, 0.3) is 0 Å². The number of primary amides is 1. The molecule has 4 nitrogen and oxygen atoms in total. The highest BCUT2D eigenvalue weighted by molar-refractivity contribution is 7.13. The Bertz CT molecular complexity index is 973. The Morgan fingerprint density at radius 3 is 2.57 bits per heavy atom. The van der Waals surface area contributed by atoms with Crippen LogP contribution < -0.4 is 5.73 Å². The molecule has 0 bridgehead atoms. The number of benzene rings is 2. The molecule has 1 aliphatic rings. The monoisotopic (exact) mass is 391 g/mol. The Morgan fingerprint density at radius 1 is 1.18 bits per heavy atom. The zero-order valence-corrected chi connectivity index (χ0v) is 17.1. The Hall–Kier alpha value is -2.50. The highest BCUT2D eigenvalue weighted by atomic mass is 32.1. The van der Waals surface area contributed by atoms with Crippen molar-refractivity contribution in [3.05, 3.63) is 75.8 Å². The summed E-state index contributed by atoms with van der Waals surface area (Å²) in [7, 11) is 0. The SMILES string of the molecule is Cc1cc(C)cc(C2CCCN2Cc2csc(-c3ccc(C(N)=O)cc3)n2)c1. The zero-order chi connectivity index (χ0) is 19.7. The number of nitrogens with two attached hydrogens (primary N) is 1. The van der Waals surface area contributed by atoms with E-state index in [0.29, 0.717) is 11.6 Å². The highest BCUT2D eigenvalue weighted by Gasteiger charge is 2.27. The summed E-state index contributed by atoms with van der Waals surface area (Å²) in [6.45, 7) is 6.32. The van der Waals surface area contributed by atoms with Gasteiger partial charge in [-0.1, -0.05) is 41.5 Å². The fourth-order valence-electron chi connectivity index (χ4n) is 4.09. The van der Waals surface area contributed by atoms with E-state index in [1.807, 2.05) is 12.1 Å². The molecule has 0 spiro atoms. The first-order valence-corrected chi connectivity index (χ1v) is 10.5. The molecule has 1 atom stereocenters. The molecule has 1 fully saturated rings. The Morgan fingerprint density at radius 2 is 1.89 bits per heavy atom. The largest absolute Gasteiger partial charge is 0.366 e. The van der Waals surface area contributed by atoms with Gasteiger partial charge in [-0.3, -0.25) is 9.69 Å². The molecular weight excluding hydrogens is 366 g/mol. The second-order valence-corrected chi connectivity index (χ2v) is 8.49. The number of thiazole rings is 1. The van der Waals surface area contributed by atoms with Crippen LogP contribution in [0.15, 0.2) is 47.8 Å². The Labute approximate surface area is 170 Å². The second-order valence-electron chi connectivity index (χ2n) is 7.64. The molecule has 1 amide bonds. The van der Waals surface area contributed by atoms with Gasteiger partial charge in [-0.25, -0.2) is 4.98 Å². The van der Waals surface area contributed by atoms with Crippen LogP contribution in [0.2, 0.25) is 0 Å². The molecule has 1 saturated heterocycles. The molecule has 0 saturated carbocycles. The minimum Gasteiger partial charge on any atom is -0.366 e. The van der Waals surface area contributed by atoms with E-state index in [1.165, 1.54) is 29.5 Å². The fourth-order valence-corrected chi connectivity index (χ4v) is 4.91. The first-order chi connectivity index (χ1) is 13.5. The van der Waals surface area contributed by atoms with Crippen LogP contribution in [0.25, 0.3) is 10.6 Å². The number of carbonyl (C=O) groups is 1. The van der Waals surface area contributed by atoms with Crippen molar-refractivity contribution in [2.75, 3.05) is 6.54 Å². The normalized spacial score (nSPS) is 17.1. The summed E-state index contributed by atoms with van der Waals surface area (Å²) in [5.74, 6) is -0.405. The number of amides is 1. The van der Waals surface area contributed by atoms with Crippen molar-refractivity contribution in [2.24, 2.45) is 5.73 Å². The number of rotatable bonds is 5. The molecule has 2 heterocycles. The molecule has 1 aromatic heterocycles. The maximum atomic E-state index is 11.2. The summed E-state index contributed by atoms with van der Waals surface area (Å²) in [5, 5.41) is 3.13. The third-order valence-corrected chi connectivity index (χ3v) is 6.27. The van der Waals surface area contributed by atoms with Crippen LogP contribution in [-0.4, -0.2) is 22.3 Å². The molecule has 2 N–H and O–H groups in total. The number of aromatic nitrogens is 1. The first-order valence-electron chi connectivity index (χ1n) is 9.66. The fraction of sp³-hybridized carbons (Fsp3) is 0.304. The lowest BCUT2D eigenvalue weighted by Crippen LogP contribution is -2.23. The smallest absolute Gasteiger partial charge is 0.248 e. The topological polar surface area (TPSA) is 59.2 Å². The van der Waals surface area contributed by atoms with Gasteiger partial charge in [0.1, 0.15) is 5.01 Å². The van der Waals surface area contributed by atoms with Crippen molar-refractivity contribution < 1.29 is 4.79 Å². The van der Waals surface area contributed by atoms with Crippen LogP contribution in [0.1, 0.15) is 51.6 Å². The van der Waals surface area contributed by atoms with E-state index in [0.717, 1.165) is 29.4 Å². The van der Waals surface area contributed by atoms with Gasteiger partial charge in [-0.05, 0) is 50.9 Å². The first kappa shape index (κ1) is 18.8. The van der Waals surface area contributed by atoms with Crippen LogP contribution >= 0.6 is 11.3 Å². The number of aryl methyl sites for hydroxylation is 2. The molecule has 4 rings (SSSR count). The van der Waals surface area contributed by atoms with E-state index >= 15 is 0 Å². The van der Waals surface area contributed by atoms with Gasteiger partial charge >= 0.3 is 0 Å². The average molecular weight is 392 g/mol. The van der Waals surface area contributed by atoms with Crippen LogP contribution in [-0.2, 0) is 6.54 Å².